The summed E-state index contributed by atoms with van der Waals surface area (Å²) in [5.41, 5.74) is 1.18. The molecule has 4 rings (SSSR count). The normalized spacial score (nSPS) is 30.7. The van der Waals surface area contributed by atoms with Gasteiger partial charge in [-0.15, -0.1) is 0 Å². The molecular formula is C19H26N2O2. The second-order valence-electron chi connectivity index (χ2n) is 7.45. The van der Waals surface area contributed by atoms with Gasteiger partial charge in [-0.3, -0.25) is 4.79 Å². The zero-order valence-corrected chi connectivity index (χ0v) is 13.9. The zero-order chi connectivity index (χ0) is 15.9. The van der Waals surface area contributed by atoms with E-state index in [9.17, 15) is 4.79 Å². The van der Waals surface area contributed by atoms with Gasteiger partial charge in [0.25, 0.3) is 0 Å². The van der Waals surface area contributed by atoms with Crippen LogP contribution in [0.3, 0.4) is 0 Å². The van der Waals surface area contributed by atoms with Crippen molar-refractivity contribution in [3.05, 3.63) is 29.8 Å². The fourth-order valence-corrected chi connectivity index (χ4v) is 4.35. The number of benzene rings is 1. The second-order valence-corrected chi connectivity index (χ2v) is 7.45. The van der Waals surface area contributed by atoms with Crippen molar-refractivity contribution in [3.63, 3.8) is 0 Å². The highest BCUT2D eigenvalue weighted by molar-refractivity contribution is 5.85. The smallest absolute Gasteiger partial charge is 0.230 e. The van der Waals surface area contributed by atoms with E-state index in [0.717, 1.165) is 51.2 Å². The van der Waals surface area contributed by atoms with Gasteiger partial charge in [0.15, 0.2) is 0 Å². The molecule has 2 aliphatic heterocycles. The number of aryl methyl sites for hydroxylation is 1. The Morgan fingerprint density at radius 1 is 1.22 bits per heavy atom. The first kappa shape index (κ1) is 15.0. The first-order chi connectivity index (χ1) is 11.2. The fraction of sp³-hybridized carbons (Fsp3) is 0.632. The van der Waals surface area contributed by atoms with E-state index in [4.69, 9.17) is 4.74 Å². The number of nitrogens with zero attached hydrogens (tertiary/aromatic N) is 1. The Kier molecular flexibility index (Phi) is 3.80. The Balaban J connectivity index is 1.32. The van der Waals surface area contributed by atoms with E-state index in [1.165, 1.54) is 12.0 Å². The summed E-state index contributed by atoms with van der Waals surface area (Å²) in [4.78, 5) is 15.0. The minimum absolute atomic E-state index is 0.0648. The molecule has 1 aromatic rings. The first-order valence-corrected chi connectivity index (χ1v) is 8.91. The molecule has 124 valence electrons. The standard InChI is InChI=1S/C19H26N2O2/c1-14-2-4-16(5-3-14)23-17-7-10-21(11-8-17)18(22)19-9-6-15(19)12-20-13-19/h2-5,15,17,20H,6-13H2,1H3/t15-,19-/m0/s1. The number of ether oxygens (including phenoxy) is 1. The van der Waals surface area contributed by atoms with E-state index in [0.29, 0.717) is 11.8 Å². The largest absolute Gasteiger partial charge is 0.490 e. The van der Waals surface area contributed by atoms with Gasteiger partial charge in [-0.25, -0.2) is 0 Å². The summed E-state index contributed by atoms with van der Waals surface area (Å²) in [7, 11) is 0. The third-order valence-electron chi connectivity index (χ3n) is 6.03. The Bertz CT molecular complexity index is 578. The van der Waals surface area contributed by atoms with Crippen LogP contribution in [0.5, 0.6) is 5.75 Å². The number of piperidine rings is 1. The third-order valence-corrected chi connectivity index (χ3v) is 6.03. The van der Waals surface area contributed by atoms with Crippen LogP contribution in [-0.4, -0.2) is 43.1 Å². The molecule has 3 fully saturated rings. The van der Waals surface area contributed by atoms with Gasteiger partial charge in [-0.1, -0.05) is 17.7 Å². The number of amides is 1. The van der Waals surface area contributed by atoms with E-state index in [1.54, 1.807) is 0 Å². The summed E-state index contributed by atoms with van der Waals surface area (Å²) in [5, 5.41) is 3.42. The highest BCUT2D eigenvalue weighted by atomic mass is 16.5. The van der Waals surface area contributed by atoms with Crippen molar-refractivity contribution >= 4 is 5.91 Å². The van der Waals surface area contributed by atoms with Gasteiger partial charge in [0.05, 0.1) is 5.41 Å². The van der Waals surface area contributed by atoms with Gasteiger partial charge in [0.2, 0.25) is 5.91 Å². The molecule has 1 saturated carbocycles. The average Bonchev–Trinajstić information content (AvgIpc) is 2.85. The Hall–Kier alpha value is -1.55. The molecule has 3 aliphatic rings. The molecule has 0 unspecified atom stereocenters. The number of carbonyl (C=O) groups is 1. The van der Waals surface area contributed by atoms with E-state index >= 15 is 0 Å². The van der Waals surface area contributed by atoms with Gasteiger partial charge >= 0.3 is 0 Å². The molecule has 4 heteroatoms. The Labute approximate surface area is 138 Å². The minimum Gasteiger partial charge on any atom is -0.490 e. The minimum atomic E-state index is -0.0648. The van der Waals surface area contributed by atoms with Crippen molar-refractivity contribution in [2.24, 2.45) is 11.3 Å². The number of carbonyl (C=O) groups excluding carboxylic acids is 1. The lowest BCUT2D eigenvalue weighted by Gasteiger charge is -2.46. The highest BCUT2D eigenvalue weighted by Gasteiger charge is 2.56. The van der Waals surface area contributed by atoms with Crippen LogP contribution < -0.4 is 10.1 Å². The number of nitrogens with one attached hydrogen (secondary N) is 1. The summed E-state index contributed by atoms with van der Waals surface area (Å²) in [5.74, 6) is 1.92. The van der Waals surface area contributed by atoms with E-state index in [1.807, 2.05) is 12.1 Å². The van der Waals surface area contributed by atoms with Crippen LogP contribution in [0.25, 0.3) is 0 Å². The molecule has 2 saturated heterocycles. The van der Waals surface area contributed by atoms with Crippen LogP contribution in [0.1, 0.15) is 31.2 Å². The molecule has 1 aromatic carbocycles. The van der Waals surface area contributed by atoms with Gasteiger partial charge in [0, 0.05) is 32.5 Å². The lowest BCUT2D eigenvalue weighted by Crippen LogP contribution is -2.55. The lowest BCUT2D eigenvalue weighted by molar-refractivity contribution is -0.151. The molecular weight excluding hydrogens is 288 g/mol. The quantitative estimate of drug-likeness (QED) is 0.931. The van der Waals surface area contributed by atoms with Crippen LogP contribution in [-0.2, 0) is 4.79 Å². The highest BCUT2D eigenvalue weighted by Crippen LogP contribution is 2.50. The number of likely N-dealkylation sites (tertiary alicyclic amines) is 1. The van der Waals surface area contributed by atoms with Crippen LogP contribution >= 0.6 is 0 Å². The number of hydrogen-bond acceptors (Lipinski definition) is 3. The van der Waals surface area contributed by atoms with Crippen LogP contribution in [0, 0.1) is 18.3 Å². The summed E-state index contributed by atoms with van der Waals surface area (Å²) >= 11 is 0. The zero-order valence-electron chi connectivity index (χ0n) is 13.9. The second kappa shape index (κ2) is 5.82. The predicted octanol–water partition coefficient (Wildman–Crippen LogP) is 2.36. The van der Waals surface area contributed by atoms with Crippen molar-refractivity contribution in [2.75, 3.05) is 26.2 Å². The molecule has 2 atom stereocenters. The molecule has 1 aliphatic carbocycles. The van der Waals surface area contributed by atoms with E-state index in [2.05, 4.69) is 29.3 Å². The Morgan fingerprint density at radius 3 is 2.57 bits per heavy atom. The van der Waals surface area contributed by atoms with Crippen molar-refractivity contribution in [1.29, 1.82) is 0 Å². The summed E-state index contributed by atoms with van der Waals surface area (Å²) in [6.45, 7) is 5.67. The SMILES string of the molecule is Cc1ccc(OC2CCN(C(=O)[C@]34CC[C@H]3CNC4)CC2)cc1. The molecule has 1 N–H and O–H groups in total. The molecule has 2 heterocycles. The Morgan fingerprint density at radius 2 is 1.96 bits per heavy atom. The van der Waals surface area contributed by atoms with Crippen molar-refractivity contribution in [2.45, 2.75) is 38.7 Å². The monoisotopic (exact) mass is 314 g/mol. The number of fused-ring (bicyclic) bond motifs is 1. The lowest BCUT2D eigenvalue weighted by atomic mass is 9.61. The van der Waals surface area contributed by atoms with Gasteiger partial charge in [0.1, 0.15) is 11.9 Å². The summed E-state index contributed by atoms with van der Waals surface area (Å²) in [6, 6.07) is 8.23. The first-order valence-electron chi connectivity index (χ1n) is 8.91. The maximum atomic E-state index is 12.9. The van der Waals surface area contributed by atoms with Crippen molar-refractivity contribution in [1.82, 2.24) is 10.2 Å². The van der Waals surface area contributed by atoms with Crippen LogP contribution in [0.15, 0.2) is 24.3 Å². The number of hydrogen-bond donors (Lipinski definition) is 1. The van der Waals surface area contributed by atoms with E-state index < -0.39 is 0 Å². The van der Waals surface area contributed by atoms with Crippen LogP contribution in [0.4, 0.5) is 0 Å². The molecule has 0 radical (unpaired) electrons. The molecule has 4 nitrogen and oxygen atoms in total. The topological polar surface area (TPSA) is 41.6 Å². The van der Waals surface area contributed by atoms with Crippen molar-refractivity contribution < 1.29 is 9.53 Å². The van der Waals surface area contributed by atoms with Gasteiger partial charge < -0.3 is 15.0 Å². The maximum Gasteiger partial charge on any atom is 0.230 e. The number of rotatable bonds is 3. The average molecular weight is 314 g/mol. The molecule has 0 spiro atoms. The summed E-state index contributed by atoms with van der Waals surface area (Å²) in [6.07, 6.45) is 4.40. The molecule has 0 aromatic heterocycles. The fourth-order valence-electron chi connectivity index (χ4n) is 4.35. The van der Waals surface area contributed by atoms with E-state index in [-0.39, 0.29) is 11.5 Å². The predicted molar refractivity (Wildman–Crippen MR) is 89.4 cm³/mol. The van der Waals surface area contributed by atoms with Crippen LogP contribution in [0.2, 0.25) is 0 Å². The van der Waals surface area contributed by atoms with Gasteiger partial charge in [-0.05, 0) is 44.4 Å². The third kappa shape index (κ3) is 2.63. The maximum absolute atomic E-state index is 12.9. The van der Waals surface area contributed by atoms with Gasteiger partial charge in [-0.2, -0.15) is 0 Å². The molecule has 23 heavy (non-hydrogen) atoms. The molecule has 1 amide bonds. The summed E-state index contributed by atoms with van der Waals surface area (Å²) < 4.78 is 6.07. The molecule has 0 bridgehead atoms. The van der Waals surface area contributed by atoms with Crippen molar-refractivity contribution in [3.8, 4) is 5.75 Å².